The number of benzene rings is 1. The SMILES string of the molecule is CCCNC(=O)CCCN(c1ccccc1OC)S(C)(=O)=O. The van der Waals surface area contributed by atoms with Crippen LogP contribution >= 0.6 is 0 Å². The van der Waals surface area contributed by atoms with Gasteiger partial charge in [-0.3, -0.25) is 9.10 Å². The van der Waals surface area contributed by atoms with E-state index >= 15 is 0 Å². The van der Waals surface area contributed by atoms with Gasteiger partial charge in [-0.2, -0.15) is 0 Å². The molecular weight excluding hydrogens is 304 g/mol. The molecule has 0 bridgehead atoms. The summed E-state index contributed by atoms with van der Waals surface area (Å²) in [6.45, 7) is 2.85. The first-order valence-corrected chi connectivity index (χ1v) is 9.12. The molecule has 1 amide bonds. The molecule has 1 rings (SSSR count). The largest absolute Gasteiger partial charge is 0.495 e. The van der Waals surface area contributed by atoms with Gasteiger partial charge < -0.3 is 10.1 Å². The molecule has 1 N–H and O–H groups in total. The Morgan fingerprint density at radius 1 is 1.32 bits per heavy atom. The van der Waals surface area contributed by atoms with E-state index in [0.29, 0.717) is 30.8 Å². The zero-order chi connectivity index (χ0) is 16.6. The molecule has 0 atom stereocenters. The molecule has 7 heteroatoms. The van der Waals surface area contributed by atoms with E-state index in [-0.39, 0.29) is 12.5 Å². The monoisotopic (exact) mass is 328 g/mol. The van der Waals surface area contributed by atoms with Gasteiger partial charge in [0.05, 0.1) is 19.1 Å². The van der Waals surface area contributed by atoms with E-state index in [1.165, 1.54) is 11.4 Å². The van der Waals surface area contributed by atoms with Crippen molar-refractivity contribution in [2.75, 3.05) is 30.8 Å². The average Bonchev–Trinajstić information content (AvgIpc) is 2.48. The molecule has 0 saturated heterocycles. The molecule has 6 nitrogen and oxygen atoms in total. The summed E-state index contributed by atoms with van der Waals surface area (Å²) in [7, 11) is -1.95. The maximum Gasteiger partial charge on any atom is 0.232 e. The van der Waals surface area contributed by atoms with Crippen LogP contribution in [0.1, 0.15) is 26.2 Å². The van der Waals surface area contributed by atoms with Gasteiger partial charge in [0.2, 0.25) is 15.9 Å². The molecule has 0 saturated carbocycles. The van der Waals surface area contributed by atoms with Crippen molar-refractivity contribution in [2.45, 2.75) is 26.2 Å². The molecule has 124 valence electrons. The van der Waals surface area contributed by atoms with Crippen LogP contribution in [-0.2, 0) is 14.8 Å². The number of hydrogen-bond acceptors (Lipinski definition) is 4. The van der Waals surface area contributed by atoms with E-state index in [0.717, 1.165) is 12.7 Å². The van der Waals surface area contributed by atoms with Crippen molar-refractivity contribution >= 4 is 21.6 Å². The van der Waals surface area contributed by atoms with Crippen molar-refractivity contribution < 1.29 is 17.9 Å². The van der Waals surface area contributed by atoms with Gasteiger partial charge in [-0.25, -0.2) is 8.42 Å². The highest BCUT2D eigenvalue weighted by Gasteiger charge is 2.20. The predicted molar refractivity (Wildman–Crippen MR) is 87.7 cm³/mol. The average molecular weight is 328 g/mol. The molecule has 22 heavy (non-hydrogen) atoms. The number of rotatable bonds is 9. The number of carbonyl (C=O) groups excluding carboxylic acids is 1. The number of ether oxygens (including phenoxy) is 1. The molecule has 0 radical (unpaired) electrons. The minimum absolute atomic E-state index is 0.0599. The first kappa shape index (κ1) is 18.3. The van der Waals surface area contributed by atoms with Gasteiger partial charge in [0.15, 0.2) is 0 Å². The summed E-state index contributed by atoms with van der Waals surface area (Å²) in [6, 6.07) is 6.93. The van der Waals surface area contributed by atoms with Gasteiger partial charge in [0, 0.05) is 19.5 Å². The van der Waals surface area contributed by atoms with Gasteiger partial charge >= 0.3 is 0 Å². The van der Waals surface area contributed by atoms with Crippen LogP contribution in [0.3, 0.4) is 0 Å². The van der Waals surface area contributed by atoms with Crippen LogP contribution in [0.15, 0.2) is 24.3 Å². The van der Waals surface area contributed by atoms with E-state index in [1.54, 1.807) is 24.3 Å². The van der Waals surface area contributed by atoms with Crippen LogP contribution < -0.4 is 14.4 Å². The van der Waals surface area contributed by atoms with Crippen molar-refractivity contribution in [3.63, 3.8) is 0 Å². The van der Waals surface area contributed by atoms with E-state index in [4.69, 9.17) is 4.74 Å². The summed E-state index contributed by atoms with van der Waals surface area (Å²) in [6.07, 6.45) is 2.76. The Kier molecular flexibility index (Phi) is 7.17. The second-order valence-corrected chi connectivity index (χ2v) is 6.87. The molecule has 0 aromatic heterocycles. The Bertz CT molecular complexity index is 587. The Balaban J connectivity index is 2.77. The Hall–Kier alpha value is -1.76. The Morgan fingerprint density at radius 3 is 2.59 bits per heavy atom. The topological polar surface area (TPSA) is 75.7 Å². The van der Waals surface area contributed by atoms with Crippen LogP contribution in [0, 0.1) is 0 Å². The summed E-state index contributed by atoms with van der Waals surface area (Å²) < 4.78 is 30.5. The number of para-hydroxylation sites is 2. The highest BCUT2D eigenvalue weighted by Crippen LogP contribution is 2.29. The van der Waals surface area contributed by atoms with Gasteiger partial charge in [0.1, 0.15) is 5.75 Å². The van der Waals surface area contributed by atoms with Crippen molar-refractivity contribution in [3.8, 4) is 5.75 Å². The predicted octanol–water partition coefficient (Wildman–Crippen LogP) is 1.77. The molecular formula is C15H24N2O4S. The molecule has 1 aromatic rings. The summed E-state index contributed by atoms with van der Waals surface area (Å²) >= 11 is 0. The Labute approximate surface area is 132 Å². The van der Waals surface area contributed by atoms with E-state index < -0.39 is 10.0 Å². The number of carbonyl (C=O) groups is 1. The van der Waals surface area contributed by atoms with Crippen molar-refractivity contribution in [3.05, 3.63) is 24.3 Å². The standard InChI is InChI=1S/C15H24N2O4S/c1-4-11-16-15(18)10-7-12-17(22(3,19)20)13-8-5-6-9-14(13)21-2/h5-6,8-9H,4,7,10-12H2,1-3H3,(H,16,18). The van der Waals surface area contributed by atoms with E-state index in [9.17, 15) is 13.2 Å². The molecule has 0 aliphatic rings. The quantitative estimate of drug-likeness (QED) is 0.749. The smallest absolute Gasteiger partial charge is 0.232 e. The third-order valence-corrected chi connectivity index (χ3v) is 4.27. The highest BCUT2D eigenvalue weighted by atomic mass is 32.2. The molecule has 0 fully saturated rings. The van der Waals surface area contributed by atoms with Gasteiger partial charge in [0.25, 0.3) is 0 Å². The van der Waals surface area contributed by atoms with Gasteiger partial charge in [-0.05, 0) is 25.0 Å². The highest BCUT2D eigenvalue weighted by molar-refractivity contribution is 7.92. The molecule has 0 unspecified atom stereocenters. The zero-order valence-electron chi connectivity index (χ0n) is 13.3. The fourth-order valence-electron chi connectivity index (χ4n) is 2.04. The van der Waals surface area contributed by atoms with Crippen molar-refractivity contribution in [1.29, 1.82) is 0 Å². The van der Waals surface area contributed by atoms with Gasteiger partial charge in [-0.15, -0.1) is 0 Å². The number of methoxy groups -OCH3 is 1. The first-order valence-electron chi connectivity index (χ1n) is 7.27. The number of nitrogens with one attached hydrogen (secondary N) is 1. The lowest BCUT2D eigenvalue weighted by atomic mass is 10.2. The number of hydrogen-bond donors (Lipinski definition) is 1. The molecule has 1 aromatic carbocycles. The lowest BCUT2D eigenvalue weighted by molar-refractivity contribution is -0.121. The lowest BCUT2D eigenvalue weighted by Crippen LogP contribution is -2.32. The van der Waals surface area contributed by atoms with Gasteiger partial charge in [-0.1, -0.05) is 19.1 Å². The zero-order valence-corrected chi connectivity index (χ0v) is 14.1. The first-order chi connectivity index (χ1) is 10.4. The molecule has 0 spiro atoms. The summed E-state index contributed by atoms with van der Waals surface area (Å²) in [4.78, 5) is 11.6. The molecule has 0 aliphatic carbocycles. The minimum atomic E-state index is -3.44. The van der Waals surface area contributed by atoms with Crippen LogP contribution in [0.25, 0.3) is 0 Å². The number of anilines is 1. The molecule has 0 heterocycles. The summed E-state index contributed by atoms with van der Waals surface area (Å²) in [5, 5.41) is 2.78. The minimum Gasteiger partial charge on any atom is -0.495 e. The fraction of sp³-hybridized carbons (Fsp3) is 0.533. The summed E-state index contributed by atoms with van der Waals surface area (Å²) in [5.41, 5.74) is 0.487. The fourth-order valence-corrected chi connectivity index (χ4v) is 3.01. The third-order valence-electron chi connectivity index (χ3n) is 3.09. The van der Waals surface area contributed by atoms with E-state index in [1.807, 2.05) is 6.92 Å². The number of amides is 1. The van der Waals surface area contributed by atoms with Crippen LogP contribution in [0.5, 0.6) is 5.75 Å². The third kappa shape index (κ3) is 5.55. The normalized spacial score (nSPS) is 11.0. The van der Waals surface area contributed by atoms with Crippen molar-refractivity contribution in [1.82, 2.24) is 5.32 Å². The van der Waals surface area contributed by atoms with E-state index in [2.05, 4.69) is 5.32 Å². The van der Waals surface area contributed by atoms with Crippen LogP contribution in [-0.4, -0.2) is 40.8 Å². The summed E-state index contributed by atoms with van der Waals surface area (Å²) in [5.74, 6) is 0.429. The molecule has 0 aliphatic heterocycles. The number of sulfonamides is 1. The van der Waals surface area contributed by atoms with Crippen LogP contribution in [0.4, 0.5) is 5.69 Å². The maximum atomic E-state index is 12.0. The second-order valence-electron chi connectivity index (χ2n) is 4.96. The van der Waals surface area contributed by atoms with Crippen molar-refractivity contribution in [2.24, 2.45) is 0 Å². The second kappa shape index (κ2) is 8.63. The number of nitrogens with zero attached hydrogens (tertiary/aromatic N) is 1. The lowest BCUT2D eigenvalue weighted by Gasteiger charge is -2.24. The Morgan fingerprint density at radius 2 is 2.00 bits per heavy atom. The van der Waals surface area contributed by atoms with Crippen LogP contribution in [0.2, 0.25) is 0 Å². The maximum absolute atomic E-state index is 12.0.